The lowest BCUT2D eigenvalue weighted by Gasteiger charge is -2.24. The van der Waals surface area contributed by atoms with Crippen LogP contribution in [0.3, 0.4) is 0 Å². The van der Waals surface area contributed by atoms with Gasteiger partial charge in [-0.2, -0.15) is 5.26 Å². The van der Waals surface area contributed by atoms with E-state index in [2.05, 4.69) is 6.07 Å². The molecule has 2 nitrogen and oxygen atoms in total. The van der Waals surface area contributed by atoms with Crippen molar-refractivity contribution in [3.8, 4) is 6.07 Å². The highest BCUT2D eigenvalue weighted by molar-refractivity contribution is 5.36. The zero-order chi connectivity index (χ0) is 11.2. The lowest BCUT2D eigenvalue weighted by Crippen LogP contribution is -2.13. The van der Waals surface area contributed by atoms with E-state index in [1.54, 1.807) is 0 Å². The Morgan fingerprint density at radius 2 is 2.12 bits per heavy atom. The summed E-state index contributed by atoms with van der Waals surface area (Å²) in [5.74, 6) is 0.895. The van der Waals surface area contributed by atoms with Gasteiger partial charge in [-0.1, -0.05) is 37.5 Å². The van der Waals surface area contributed by atoms with E-state index >= 15 is 0 Å². The van der Waals surface area contributed by atoms with E-state index in [0.717, 1.165) is 23.7 Å². The summed E-state index contributed by atoms with van der Waals surface area (Å²) >= 11 is 0. The van der Waals surface area contributed by atoms with Crippen LogP contribution in [0.4, 0.5) is 0 Å². The molecule has 1 fully saturated rings. The second-order valence-electron chi connectivity index (χ2n) is 4.41. The van der Waals surface area contributed by atoms with Crippen molar-refractivity contribution in [3.63, 3.8) is 0 Å². The Kier molecular flexibility index (Phi) is 3.96. The maximum absolute atomic E-state index is 8.90. The highest BCUT2D eigenvalue weighted by atomic mass is 16.5. The number of nitrogens with zero attached hydrogens (tertiary/aromatic N) is 1. The first kappa shape index (κ1) is 11.2. The topological polar surface area (TPSA) is 33.0 Å². The molecule has 0 aromatic heterocycles. The highest BCUT2D eigenvalue weighted by Crippen LogP contribution is 2.29. The number of ether oxygens (including phenoxy) is 1. The van der Waals surface area contributed by atoms with Crippen molar-refractivity contribution in [3.05, 3.63) is 35.4 Å². The molecule has 1 aliphatic carbocycles. The Labute approximate surface area is 96.9 Å². The van der Waals surface area contributed by atoms with Crippen molar-refractivity contribution in [1.29, 1.82) is 5.26 Å². The molecule has 1 saturated carbocycles. The summed E-state index contributed by atoms with van der Waals surface area (Å²) in [5.41, 5.74) is 1.73. The van der Waals surface area contributed by atoms with Crippen LogP contribution in [0.15, 0.2) is 24.3 Å². The fraction of sp³-hybridized carbons (Fsp3) is 0.500. The van der Waals surface area contributed by atoms with Crippen molar-refractivity contribution >= 4 is 0 Å². The summed E-state index contributed by atoms with van der Waals surface area (Å²) in [7, 11) is 0. The Balaban J connectivity index is 1.74. The lowest BCUT2D eigenvalue weighted by atomic mass is 9.83. The van der Waals surface area contributed by atoms with E-state index in [-0.39, 0.29) is 0 Å². The van der Waals surface area contributed by atoms with Gasteiger partial charge in [0.15, 0.2) is 0 Å². The zero-order valence-electron chi connectivity index (χ0n) is 9.48. The molecular weight excluding hydrogens is 198 g/mol. The second-order valence-corrected chi connectivity index (χ2v) is 4.41. The molecule has 0 N–H and O–H groups in total. The summed E-state index contributed by atoms with van der Waals surface area (Å²) in [5, 5.41) is 8.90. The van der Waals surface area contributed by atoms with E-state index in [0.29, 0.717) is 6.61 Å². The number of nitriles is 1. The van der Waals surface area contributed by atoms with Crippen LogP contribution in [0, 0.1) is 17.2 Å². The van der Waals surface area contributed by atoms with Crippen LogP contribution < -0.4 is 0 Å². The minimum absolute atomic E-state index is 0.566. The van der Waals surface area contributed by atoms with Crippen molar-refractivity contribution in [2.45, 2.75) is 32.3 Å². The average molecular weight is 215 g/mol. The molecule has 0 bridgehead atoms. The van der Waals surface area contributed by atoms with E-state index in [9.17, 15) is 0 Å². The van der Waals surface area contributed by atoms with Crippen LogP contribution in [-0.4, -0.2) is 6.61 Å². The van der Waals surface area contributed by atoms with Gasteiger partial charge < -0.3 is 4.74 Å². The fourth-order valence-electron chi connectivity index (χ4n) is 1.97. The maximum atomic E-state index is 8.90. The number of benzene rings is 1. The molecule has 0 radical (unpaired) electrons. The first-order valence-corrected chi connectivity index (χ1v) is 5.96. The van der Waals surface area contributed by atoms with Gasteiger partial charge in [-0.25, -0.2) is 0 Å². The molecule has 1 aliphatic rings. The standard InChI is InChI=1S/C14H17NO/c15-10-13-6-1-2-7-14(13)11-16-9-8-12-4-3-5-12/h1-2,6-7,12H,3-5,8-9,11H2. The Morgan fingerprint density at radius 3 is 2.81 bits per heavy atom. The number of hydrogen-bond acceptors (Lipinski definition) is 2. The molecule has 0 atom stereocenters. The molecule has 1 aromatic carbocycles. The fourth-order valence-corrected chi connectivity index (χ4v) is 1.97. The van der Waals surface area contributed by atoms with Gasteiger partial charge in [0.2, 0.25) is 0 Å². The lowest BCUT2D eigenvalue weighted by molar-refractivity contribution is 0.0948. The summed E-state index contributed by atoms with van der Waals surface area (Å²) in [6.45, 7) is 1.39. The SMILES string of the molecule is N#Cc1ccccc1COCCC1CCC1. The third-order valence-electron chi connectivity index (χ3n) is 3.29. The molecule has 0 saturated heterocycles. The number of rotatable bonds is 5. The van der Waals surface area contributed by atoms with Gasteiger partial charge in [-0.15, -0.1) is 0 Å². The molecule has 2 rings (SSSR count). The van der Waals surface area contributed by atoms with Crippen molar-refractivity contribution in [1.82, 2.24) is 0 Å². The molecule has 0 unspecified atom stereocenters. The molecule has 2 heteroatoms. The summed E-state index contributed by atoms with van der Waals surface area (Å²) in [4.78, 5) is 0. The molecule has 84 valence electrons. The first-order chi connectivity index (χ1) is 7.90. The van der Waals surface area contributed by atoms with Gasteiger partial charge in [0.1, 0.15) is 0 Å². The highest BCUT2D eigenvalue weighted by Gasteiger charge is 2.16. The third kappa shape index (κ3) is 2.84. The summed E-state index contributed by atoms with van der Waals surface area (Å²) in [6.07, 6.45) is 5.31. The van der Waals surface area contributed by atoms with Gasteiger partial charge in [-0.05, 0) is 24.0 Å². The largest absolute Gasteiger partial charge is 0.377 e. The quantitative estimate of drug-likeness (QED) is 0.706. The maximum Gasteiger partial charge on any atom is 0.0995 e. The predicted octanol–water partition coefficient (Wildman–Crippen LogP) is 3.27. The van der Waals surface area contributed by atoms with E-state index < -0.39 is 0 Å². The van der Waals surface area contributed by atoms with Gasteiger partial charge in [0.25, 0.3) is 0 Å². The predicted molar refractivity (Wildman–Crippen MR) is 62.8 cm³/mol. The molecule has 1 aromatic rings. The monoisotopic (exact) mass is 215 g/mol. The third-order valence-corrected chi connectivity index (χ3v) is 3.29. The Morgan fingerprint density at radius 1 is 1.31 bits per heavy atom. The Bertz CT molecular complexity index is 377. The van der Waals surface area contributed by atoms with Gasteiger partial charge in [0.05, 0.1) is 18.2 Å². The zero-order valence-corrected chi connectivity index (χ0v) is 9.48. The van der Waals surface area contributed by atoms with Gasteiger partial charge >= 0.3 is 0 Å². The van der Waals surface area contributed by atoms with Crippen LogP contribution in [0.25, 0.3) is 0 Å². The normalized spacial score (nSPS) is 15.4. The van der Waals surface area contributed by atoms with Gasteiger partial charge in [0, 0.05) is 6.61 Å². The first-order valence-electron chi connectivity index (χ1n) is 5.96. The minimum atomic E-state index is 0.566. The van der Waals surface area contributed by atoms with E-state index in [4.69, 9.17) is 10.00 Å². The molecular formula is C14H17NO. The van der Waals surface area contributed by atoms with Crippen molar-refractivity contribution in [2.24, 2.45) is 5.92 Å². The molecule has 0 aliphatic heterocycles. The summed E-state index contributed by atoms with van der Waals surface area (Å²) < 4.78 is 5.62. The average Bonchev–Trinajstić information content (AvgIpc) is 2.27. The molecule has 16 heavy (non-hydrogen) atoms. The Hall–Kier alpha value is -1.33. The molecule has 0 spiro atoms. The van der Waals surface area contributed by atoms with Crippen LogP contribution in [0.2, 0.25) is 0 Å². The van der Waals surface area contributed by atoms with Crippen molar-refractivity contribution < 1.29 is 4.74 Å². The van der Waals surface area contributed by atoms with Crippen LogP contribution in [-0.2, 0) is 11.3 Å². The van der Waals surface area contributed by atoms with Crippen molar-refractivity contribution in [2.75, 3.05) is 6.61 Å². The van der Waals surface area contributed by atoms with Crippen LogP contribution >= 0.6 is 0 Å². The van der Waals surface area contributed by atoms with Gasteiger partial charge in [-0.3, -0.25) is 0 Å². The smallest absolute Gasteiger partial charge is 0.0995 e. The number of hydrogen-bond donors (Lipinski definition) is 0. The second kappa shape index (κ2) is 5.67. The van der Waals surface area contributed by atoms with Crippen LogP contribution in [0.1, 0.15) is 36.8 Å². The molecule has 0 heterocycles. The van der Waals surface area contributed by atoms with Crippen LogP contribution in [0.5, 0.6) is 0 Å². The minimum Gasteiger partial charge on any atom is -0.377 e. The summed E-state index contributed by atoms with van der Waals surface area (Å²) in [6, 6.07) is 9.82. The molecule has 0 amide bonds. The van der Waals surface area contributed by atoms with E-state index in [1.807, 2.05) is 24.3 Å². The van der Waals surface area contributed by atoms with E-state index in [1.165, 1.54) is 25.7 Å².